The molecule has 1 heterocycles. The molecule has 27 heavy (non-hydrogen) atoms. The predicted molar refractivity (Wildman–Crippen MR) is 109 cm³/mol. The van der Waals surface area contributed by atoms with E-state index < -0.39 is 0 Å². The minimum Gasteiger partial charge on any atom is -0.455 e. The van der Waals surface area contributed by atoms with Gasteiger partial charge in [0.2, 0.25) is 0 Å². The molecule has 1 N–H and O–H groups in total. The van der Waals surface area contributed by atoms with Crippen LogP contribution in [0.4, 0.5) is 5.82 Å². The zero-order chi connectivity index (χ0) is 19.4. The minimum absolute atomic E-state index is 0.172. The minimum atomic E-state index is -0.172. The molecule has 0 fully saturated rings. The van der Waals surface area contributed by atoms with Gasteiger partial charge in [0.15, 0.2) is 0 Å². The summed E-state index contributed by atoms with van der Waals surface area (Å²) in [5.41, 5.74) is 3.86. The second-order valence-electron chi connectivity index (χ2n) is 6.93. The van der Waals surface area contributed by atoms with Gasteiger partial charge in [0.25, 0.3) is 5.91 Å². The topological polar surface area (TPSA) is 51.2 Å². The van der Waals surface area contributed by atoms with Crippen molar-refractivity contribution in [1.82, 2.24) is 4.98 Å². The highest BCUT2D eigenvalue weighted by Gasteiger charge is 2.10. The lowest BCUT2D eigenvalue weighted by Gasteiger charge is -2.13. The van der Waals surface area contributed by atoms with Crippen LogP contribution in [0.25, 0.3) is 0 Å². The van der Waals surface area contributed by atoms with Crippen molar-refractivity contribution >= 4 is 11.7 Å². The molecule has 0 saturated carbocycles. The first kappa shape index (κ1) is 18.6. The summed E-state index contributed by atoms with van der Waals surface area (Å²) in [7, 11) is 0. The van der Waals surface area contributed by atoms with Crippen molar-refractivity contribution in [1.29, 1.82) is 0 Å². The third-order valence-corrected chi connectivity index (χ3v) is 4.47. The molecule has 0 aliphatic heterocycles. The maximum Gasteiger partial charge on any atom is 0.257 e. The Morgan fingerprint density at radius 3 is 2.44 bits per heavy atom. The van der Waals surface area contributed by atoms with Crippen molar-refractivity contribution in [3.8, 4) is 11.5 Å². The third-order valence-electron chi connectivity index (χ3n) is 4.47. The maximum atomic E-state index is 12.4. The van der Waals surface area contributed by atoms with Gasteiger partial charge in [-0.15, -0.1) is 0 Å². The van der Waals surface area contributed by atoms with Gasteiger partial charge in [0.05, 0.1) is 6.20 Å². The van der Waals surface area contributed by atoms with Crippen LogP contribution in [0.5, 0.6) is 11.5 Å². The van der Waals surface area contributed by atoms with E-state index in [0.29, 0.717) is 23.0 Å². The van der Waals surface area contributed by atoms with Gasteiger partial charge in [0.1, 0.15) is 17.3 Å². The molecule has 0 radical (unpaired) electrons. The number of hydrogen-bond donors (Lipinski definition) is 1. The van der Waals surface area contributed by atoms with E-state index in [4.69, 9.17) is 4.74 Å². The average Bonchev–Trinajstić information content (AvgIpc) is 2.65. The van der Waals surface area contributed by atoms with Crippen molar-refractivity contribution < 1.29 is 9.53 Å². The summed E-state index contributed by atoms with van der Waals surface area (Å²) >= 11 is 0. The Morgan fingerprint density at radius 1 is 1.00 bits per heavy atom. The molecule has 2 aromatic carbocycles. The Hall–Kier alpha value is -3.14. The van der Waals surface area contributed by atoms with Crippen molar-refractivity contribution in [3.05, 3.63) is 83.0 Å². The van der Waals surface area contributed by atoms with Gasteiger partial charge in [-0.2, -0.15) is 0 Å². The maximum absolute atomic E-state index is 12.4. The first-order valence-corrected chi connectivity index (χ1v) is 9.05. The van der Waals surface area contributed by atoms with Gasteiger partial charge < -0.3 is 10.1 Å². The Kier molecular flexibility index (Phi) is 5.55. The summed E-state index contributed by atoms with van der Waals surface area (Å²) in [6.45, 7) is 8.24. The summed E-state index contributed by atoms with van der Waals surface area (Å²) in [4.78, 5) is 16.7. The highest BCUT2D eigenvalue weighted by atomic mass is 16.5. The van der Waals surface area contributed by atoms with E-state index in [0.717, 1.165) is 16.9 Å². The Bertz CT molecular complexity index is 947. The molecule has 3 rings (SSSR count). The predicted octanol–water partition coefficient (Wildman–Crippen LogP) is 5.87. The van der Waals surface area contributed by atoms with Crippen LogP contribution in [-0.4, -0.2) is 10.9 Å². The molecule has 0 atom stereocenters. The lowest BCUT2D eigenvalue weighted by atomic mass is 10.0. The highest BCUT2D eigenvalue weighted by Crippen LogP contribution is 2.28. The standard InChI is InChI=1S/C23H24N2O2/c1-15(2)18-10-9-17(4)21(13-18)27-19-11-12-22(24-14-19)25-23(26)20-8-6-5-7-16(20)3/h5-15H,1-4H3,(H,24,25,26). The molecule has 0 unspecified atom stereocenters. The molecule has 1 aromatic heterocycles. The number of aromatic nitrogens is 1. The van der Waals surface area contributed by atoms with Crippen LogP contribution < -0.4 is 10.1 Å². The van der Waals surface area contributed by atoms with Crippen LogP contribution in [-0.2, 0) is 0 Å². The number of nitrogens with one attached hydrogen (secondary N) is 1. The second-order valence-corrected chi connectivity index (χ2v) is 6.93. The Balaban J connectivity index is 1.72. The fraction of sp³-hybridized carbons (Fsp3) is 0.217. The summed E-state index contributed by atoms with van der Waals surface area (Å²) in [6, 6.07) is 17.3. The number of ether oxygens (including phenoxy) is 1. The number of aryl methyl sites for hydroxylation is 2. The fourth-order valence-corrected chi connectivity index (χ4v) is 2.74. The van der Waals surface area contributed by atoms with Crippen molar-refractivity contribution in [3.63, 3.8) is 0 Å². The molecule has 3 aromatic rings. The number of anilines is 1. The SMILES string of the molecule is Cc1ccc(C(C)C)cc1Oc1ccc(NC(=O)c2ccccc2C)nc1. The monoisotopic (exact) mass is 360 g/mol. The molecular formula is C23H24N2O2. The van der Waals surface area contributed by atoms with Gasteiger partial charge in [-0.3, -0.25) is 4.79 Å². The molecule has 0 bridgehead atoms. The van der Waals surface area contributed by atoms with Crippen molar-refractivity contribution in [2.24, 2.45) is 0 Å². The van der Waals surface area contributed by atoms with Crippen LogP contribution in [0.2, 0.25) is 0 Å². The number of benzene rings is 2. The summed E-state index contributed by atoms with van der Waals surface area (Å²) in [5, 5.41) is 2.82. The molecule has 0 saturated heterocycles. The van der Waals surface area contributed by atoms with Crippen LogP contribution >= 0.6 is 0 Å². The quantitative estimate of drug-likeness (QED) is 0.619. The number of amides is 1. The molecule has 0 spiro atoms. The number of nitrogens with zero attached hydrogens (tertiary/aromatic N) is 1. The van der Waals surface area contributed by atoms with Crippen LogP contribution in [0.15, 0.2) is 60.8 Å². The third kappa shape index (κ3) is 4.53. The van der Waals surface area contributed by atoms with Crippen LogP contribution in [0, 0.1) is 13.8 Å². The summed E-state index contributed by atoms with van der Waals surface area (Å²) < 4.78 is 5.99. The smallest absolute Gasteiger partial charge is 0.257 e. The van der Waals surface area contributed by atoms with E-state index in [1.54, 1.807) is 18.3 Å². The largest absolute Gasteiger partial charge is 0.455 e. The van der Waals surface area contributed by atoms with E-state index in [1.807, 2.05) is 38.1 Å². The molecule has 138 valence electrons. The first-order chi connectivity index (χ1) is 12.9. The summed E-state index contributed by atoms with van der Waals surface area (Å²) in [6.07, 6.45) is 1.62. The van der Waals surface area contributed by atoms with Gasteiger partial charge in [-0.05, 0) is 60.7 Å². The normalized spacial score (nSPS) is 10.7. The van der Waals surface area contributed by atoms with E-state index in [-0.39, 0.29) is 5.91 Å². The number of pyridine rings is 1. The summed E-state index contributed by atoms with van der Waals surface area (Å²) in [5.74, 6) is 2.20. The van der Waals surface area contributed by atoms with Crippen LogP contribution in [0.1, 0.15) is 46.8 Å². The molecule has 4 heteroatoms. The molecular weight excluding hydrogens is 336 g/mol. The lowest BCUT2D eigenvalue weighted by molar-refractivity contribution is 0.102. The molecule has 0 aliphatic carbocycles. The van der Waals surface area contributed by atoms with Gasteiger partial charge >= 0.3 is 0 Å². The lowest BCUT2D eigenvalue weighted by Crippen LogP contribution is -2.14. The molecule has 1 amide bonds. The van der Waals surface area contributed by atoms with Gasteiger partial charge in [0, 0.05) is 5.56 Å². The van der Waals surface area contributed by atoms with Crippen molar-refractivity contribution in [2.45, 2.75) is 33.6 Å². The number of hydrogen-bond acceptors (Lipinski definition) is 3. The zero-order valence-corrected chi connectivity index (χ0v) is 16.1. The van der Waals surface area contributed by atoms with Crippen LogP contribution in [0.3, 0.4) is 0 Å². The fourth-order valence-electron chi connectivity index (χ4n) is 2.74. The zero-order valence-electron chi connectivity index (χ0n) is 16.1. The number of rotatable bonds is 5. The van der Waals surface area contributed by atoms with E-state index in [9.17, 15) is 4.79 Å². The van der Waals surface area contributed by atoms with E-state index in [1.165, 1.54) is 5.56 Å². The van der Waals surface area contributed by atoms with E-state index in [2.05, 4.69) is 42.3 Å². The van der Waals surface area contributed by atoms with Gasteiger partial charge in [-0.1, -0.05) is 44.2 Å². The number of carbonyl (C=O) groups is 1. The van der Waals surface area contributed by atoms with Crippen molar-refractivity contribution in [2.75, 3.05) is 5.32 Å². The highest BCUT2D eigenvalue weighted by molar-refractivity contribution is 6.04. The van der Waals surface area contributed by atoms with E-state index >= 15 is 0 Å². The average molecular weight is 360 g/mol. The first-order valence-electron chi connectivity index (χ1n) is 9.05. The Morgan fingerprint density at radius 2 is 1.78 bits per heavy atom. The molecule has 0 aliphatic rings. The Labute approximate surface area is 160 Å². The number of carbonyl (C=O) groups excluding carboxylic acids is 1. The molecule has 4 nitrogen and oxygen atoms in total. The van der Waals surface area contributed by atoms with Gasteiger partial charge in [-0.25, -0.2) is 4.98 Å². The second kappa shape index (κ2) is 8.04.